The highest BCUT2D eigenvalue weighted by Gasteiger charge is 2.14. The smallest absolute Gasteiger partial charge is 0.256 e. The number of carbonyl (C=O) groups is 1. The monoisotopic (exact) mass is 496 g/mol. The number of nitrogens with one attached hydrogen (secondary N) is 2. The molecule has 2 aromatic heterocycles. The number of hydrogen-bond acceptors (Lipinski definition) is 4. The average molecular weight is 497 g/mol. The zero-order valence-electron chi connectivity index (χ0n) is 18.8. The first-order valence-electron chi connectivity index (χ1n) is 11.0. The number of fused-ring (bicyclic) bond motifs is 1. The van der Waals surface area contributed by atoms with Crippen LogP contribution in [0.25, 0.3) is 23.1 Å². The molecule has 1 amide bonds. The van der Waals surface area contributed by atoms with Gasteiger partial charge in [0.1, 0.15) is 0 Å². The van der Waals surface area contributed by atoms with Gasteiger partial charge in [-0.05, 0) is 79.2 Å². The van der Waals surface area contributed by atoms with E-state index in [0.717, 1.165) is 37.6 Å². The molecule has 2 heterocycles. The Balaban J connectivity index is 1.36. The molecule has 172 valence electrons. The van der Waals surface area contributed by atoms with E-state index >= 15 is 0 Å². The van der Waals surface area contributed by atoms with Crippen LogP contribution in [0.2, 0.25) is 5.02 Å². The van der Waals surface area contributed by atoms with Crippen molar-refractivity contribution in [2.45, 2.75) is 16.7 Å². The normalized spacial score (nSPS) is 11.3. The Hall–Kier alpha value is -3.87. The van der Waals surface area contributed by atoms with Crippen LogP contribution < -0.4 is 5.32 Å². The van der Waals surface area contributed by atoms with Gasteiger partial charge in [0.15, 0.2) is 0 Å². The lowest BCUT2D eigenvalue weighted by Crippen LogP contribution is -2.13. The summed E-state index contributed by atoms with van der Waals surface area (Å²) in [5, 5.41) is 12.1. The second kappa shape index (κ2) is 10.2. The van der Waals surface area contributed by atoms with Crippen LogP contribution >= 0.6 is 23.4 Å². The Kier molecular flexibility index (Phi) is 6.66. The predicted molar refractivity (Wildman–Crippen MR) is 144 cm³/mol. The van der Waals surface area contributed by atoms with Crippen molar-refractivity contribution < 1.29 is 4.79 Å². The van der Waals surface area contributed by atoms with Crippen LogP contribution in [-0.4, -0.2) is 21.1 Å². The van der Waals surface area contributed by atoms with Gasteiger partial charge >= 0.3 is 0 Å². The van der Waals surface area contributed by atoms with Crippen molar-refractivity contribution in [3.05, 3.63) is 113 Å². The molecule has 0 saturated carbocycles. The molecule has 5 nitrogen and oxygen atoms in total. The number of aryl methyl sites for hydroxylation is 1. The van der Waals surface area contributed by atoms with Crippen LogP contribution in [0, 0.1) is 6.92 Å². The minimum absolute atomic E-state index is 0.183. The second-order valence-corrected chi connectivity index (χ2v) is 9.44. The standard InChI is InChI=1S/C28H21ClN4OS/c1-18-9-10-20(16-24(18)29)31-28(34)23-7-2-3-8-27(23)35-21-12-13-22-25(32-33-26(22)17-21)14-11-19-6-4-5-15-30-19/h2-17H,1H3,(H,31,34)(H,32,33)/b14-11+. The molecule has 7 heteroatoms. The number of halogens is 1. The van der Waals surface area contributed by atoms with Crippen LogP contribution in [-0.2, 0) is 0 Å². The molecule has 0 fully saturated rings. The van der Waals surface area contributed by atoms with E-state index in [2.05, 4.69) is 20.5 Å². The summed E-state index contributed by atoms with van der Waals surface area (Å²) < 4.78 is 0. The fourth-order valence-corrected chi connectivity index (χ4v) is 4.75. The Labute approximate surface area is 212 Å². The summed E-state index contributed by atoms with van der Waals surface area (Å²) in [7, 11) is 0. The number of anilines is 1. The lowest BCUT2D eigenvalue weighted by Gasteiger charge is -2.11. The quantitative estimate of drug-likeness (QED) is 0.255. The number of nitrogens with zero attached hydrogens (tertiary/aromatic N) is 2. The van der Waals surface area contributed by atoms with Crippen molar-refractivity contribution >= 4 is 58.0 Å². The van der Waals surface area contributed by atoms with Crippen molar-refractivity contribution in [2.75, 3.05) is 5.32 Å². The van der Waals surface area contributed by atoms with Crippen LogP contribution in [0.5, 0.6) is 0 Å². The topological polar surface area (TPSA) is 70.7 Å². The summed E-state index contributed by atoms with van der Waals surface area (Å²) in [5.74, 6) is -0.183. The Morgan fingerprint density at radius 2 is 1.86 bits per heavy atom. The van der Waals surface area contributed by atoms with Gasteiger partial charge in [-0.25, -0.2) is 0 Å². The van der Waals surface area contributed by atoms with Gasteiger partial charge in [-0.15, -0.1) is 0 Å². The minimum atomic E-state index is -0.183. The van der Waals surface area contributed by atoms with Gasteiger partial charge in [0, 0.05) is 32.1 Å². The molecule has 0 atom stereocenters. The van der Waals surface area contributed by atoms with E-state index in [1.807, 2.05) is 91.9 Å². The molecule has 35 heavy (non-hydrogen) atoms. The molecule has 0 radical (unpaired) electrons. The molecule has 0 unspecified atom stereocenters. The zero-order chi connectivity index (χ0) is 24.2. The van der Waals surface area contributed by atoms with E-state index in [0.29, 0.717) is 16.3 Å². The van der Waals surface area contributed by atoms with Crippen molar-refractivity contribution in [3.63, 3.8) is 0 Å². The Bertz CT molecular complexity index is 1550. The summed E-state index contributed by atoms with van der Waals surface area (Å²) >= 11 is 7.74. The number of aromatic nitrogens is 3. The van der Waals surface area contributed by atoms with Gasteiger partial charge in [0.25, 0.3) is 5.91 Å². The van der Waals surface area contributed by atoms with Crippen molar-refractivity contribution in [1.82, 2.24) is 15.2 Å². The number of benzene rings is 3. The van der Waals surface area contributed by atoms with E-state index < -0.39 is 0 Å². The molecule has 0 aliphatic carbocycles. The number of rotatable bonds is 6. The van der Waals surface area contributed by atoms with E-state index in [9.17, 15) is 4.79 Å². The predicted octanol–water partition coefficient (Wildman–Crippen LogP) is 7.49. The summed E-state index contributed by atoms with van der Waals surface area (Å²) in [5.41, 5.74) is 4.86. The fraction of sp³-hybridized carbons (Fsp3) is 0.0357. The molecular formula is C28H21ClN4OS. The maximum absolute atomic E-state index is 13.0. The number of aromatic amines is 1. The fourth-order valence-electron chi connectivity index (χ4n) is 3.59. The number of H-pyrrole nitrogens is 1. The van der Waals surface area contributed by atoms with Crippen molar-refractivity contribution in [1.29, 1.82) is 0 Å². The summed E-state index contributed by atoms with van der Waals surface area (Å²) in [6.45, 7) is 1.93. The summed E-state index contributed by atoms with van der Waals surface area (Å²) in [6.07, 6.45) is 5.65. The van der Waals surface area contributed by atoms with Crippen LogP contribution in [0.3, 0.4) is 0 Å². The SMILES string of the molecule is Cc1ccc(NC(=O)c2ccccc2Sc2ccc3c(/C=C/c4ccccn4)n[nH]c3c2)cc1Cl. The highest BCUT2D eigenvalue weighted by atomic mass is 35.5. The highest BCUT2D eigenvalue weighted by molar-refractivity contribution is 7.99. The average Bonchev–Trinajstić information content (AvgIpc) is 3.28. The lowest BCUT2D eigenvalue weighted by atomic mass is 10.2. The van der Waals surface area contributed by atoms with Crippen molar-refractivity contribution in [2.24, 2.45) is 0 Å². The van der Waals surface area contributed by atoms with E-state index in [4.69, 9.17) is 11.6 Å². The number of pyridine rings is 1. The first-order valence-corrected chi connectivity index (χ1v) is 12.2. The van der Waals surface area contributed by atoms with Gasteiger partial charge in [-0.3, -0.25) is 14.9 Å². The maximum Gasteiger partial charge on any atom is 0.256 e. The third-order valence-electron chi connectivity index (χ3n) is 5.45. The van der Waals surface area contributed by atoms with E-state index in [1.165, 1.54) is 11.8 Å². The maximum atomic E-state index is 13.0. The van der Waals surface area contributed by atoms with Gasteiger partial charge < -0.3 is 5.32 Å². The van der Waals surface area contributed by atoms with Gasteiger partial charge in [-0.1, -0.05) is 47.6 Å². The first kappa shape index (κ1) is 22.9. The molecule has 0 spiro atoms. The second-order valence-electron chi connectivity index (χ2n) is 7.92. The lowest BCUT2D eigenvalue weighted by molar-refractivity contribution is 0.102. The van der Waals surface area contributed by atoms with Gasteiger partial charge in [0.05, 0.1) is 22.5 Å². The third-order valence-corrected chi connectivity index (χ3v) is 6.93. The molecule has 0 bridgehead atoms. The molecule has 0 aliphatic rings. The Morgan fingerprint density at radius 3 is 2.69 bits per heavy atom. The first-order chi connectivity index (χ1) is 17.1. The number of hydrogen-bond donors (Lipinski definition) is 2. The number of amides is 1. The summed E-state index contributed by atoms with van der Waals surface area (Å²) in [6, 6.07) is 25.0. The molecule has 2 N–H and O–H groups in total. The molecule has 3 aromatic carbocycles. The number of carbonyl (C=O) groups excluding carboxylic acids is 1. The van der Waals surface area contributed by atoms with Gasteiger partial charge in [-0.2, -0.15) is 5.10 Å². The molecule has 5 aromatic rings. The van der Waals surface area contributed by atoms with Crippen molar-refractivity contribution in [3.8, 4) is 0 Å². The zero-order valence-corrected chi connectivity index (χ0v) is 20.4. The summed E-state index contributed by atoms with van der Waals surface area (Å²) in [4.78, 5) is 19.2. The third kappa shape index (κ3) is 5.29. The van der Waals surface area contributed by atoms with E-state index in [1.54, 1.807) is 12.3 Å². The molecule has 0 aliphatic heterocycles. The minimum Gasteiger partial charge on any atom is -0.322 e. The largest absolute Gasteiger partial charge is 0.322 e. The van der Waals surface area contributed by atoms with Gasteiger partial charge in [0.2, 0.25) is 0 Å². The van der Waals surface area contributed by atoms with Crippen LogP contribution in [0.4, 0.5) is 5.69 Å². The van der Waals surface area contributed by atoms with E-state index in [-0.39, 0.29) is 5.91 Å². The molecular weight excluding hydrogens is 476 g/mol. The molecule has 5 rings (SSSR count). The van der Waals surface area contributed by atoms with Crippen LogP contribution in [0.15, 0.2) is 94.9 Å². The highest BCUT2D eigenvalue weighted by Crippen LogP contribution is 2.33. The Morgan fingerprint density at radius 1 is 1.00 bits per heavy atom. The molecule has 0 saturated heterocycles. The van der Waals surface area contributed by atoms with Crippen LogP contribution in [0.1, 0.15) is 27.3 Å².